The van der Waals surface area contributed by atoms with Gasteiger partial charge in [-0.25, -0.2) is 0 Å². The molecule has 0 saturated carbocycles. The molecule has 1 aliphatic rings. The smallest absolute Gasteiger partial charge is 0.239 e. The maximum Gasteiger partial charge on any atom is 0.239 e. The second kappa shape index (κ2) is 11.9. The molecule has 1 aromatic carbocycles. The Hall–Kier alpha value is -1.59. The summed E-state index contributed by atoms with van der Waals surface area (Å²) in [5.74, 6) is 0.818. The second-order valence-electron chi connectivity index (χ2n) is 6.63. The number of carbonyl (C=O) groups is 2. The van der Waals surface area contributed by atoms with E-state index in [4.69, 9.17) is 0 Å². The summed E-state index contributed by atoms with van der Waals surface area (Å²) in [7, 11) is 0. The van der Waals surface area contributed by atoms with Crippen LogP contribution >= 0.6 is 12.4 Å². The van der Waals surface area contributed by atoms with Crippen molar-refractivity contribution in [3.8, 4) is 0 Å². The minimum Gasteiger partial charge on any atom is -0.354 e. The van der Waals surface area contributed by atoms with Gasteiger partial charge in [-0.15, -0.1) is 12.4 Å². The van der Waals surface area contributed by atoms with Gasteiger partial charge in [0.15, 0.2) is 0 Å². The highest BCUT2D eigenvalue weighted by atomic mass is 35.5. The summed E-state index contributed by atoms with van der Waals surface area (Å²) in [6.45, 7) is 4.87. The molecule has 0 aliphatic carbocycles. The molecule has 140 valence electrons. The molecule has 25 heavy (non-hydrogen) atoms. The molecule has 1 saturated heterocycles. The van der Waals surface area contributed by atoms with E-state index < -0.39 is 0 Å². The third kappa shape index (κ3) is 8.36. The SMILES string of the molecule is CC(CC(=O)NCC(=O)NCCc1ccccc1)C1CCNCC1.Cl. The van der Waals surface area contributed by atoms with Gasteiger partial charge in [-0.2, -0.15) is 0 Å². The van der Waals surface area contributed by atoms with E-state index >= 15 is 0 Å². The van der Waals surface area contributed by atoms with Crippen molar-refractivity contribution in [2.24, 2.45) is 11.8 Å². The number of amides is 2. The molecule has 1 fully saturated rings. The summed E-state index contributed by atoms with van der Waals surface area (Å²) in [6, 6.07) is 10.0. The van der Waals surface area contributed by atoms with Crippen molar-refractivity contribution >= 4 is 24.2 Å². The minimum atomic E-state index is -0.131. The lowest BCUT2D eigenvalue weighted by Crippen LogP contribution is -2.39. The van der Waals surface area contributed by atoms with Gasteiger partial charge in [0.25, 0.3) is 0 Å². The van der Waals surface area contributed by atoms with Crippen molar-refractivity contribution in [3.63, 3.8) is 0 Å². The Morgan fingerprint density at radius 2 is 1.80 bits per heavy atom. The van der Waals surface area contributed by atoms with Crippen molar-refractivity contribution in [1.82, 2.24) is 16.0 Å². The molecular weight excluding hydrogens is 338 g/mol. The maximum atomic E-state index is 12.0. The fourth-order valence-electron chi connectivity index (χ4n) is 3.18. The Morgan fingerprint density at radius 1 is 1.12 bits per heavy atom. The van der Waals surface area contributed by atoms with E-state index in [1.165, 1.54) is 5.56 Å². The molecule has 5 nitrogen and oxygen atoms in total. The predicted octanol–water partition coefficient (Wildman–Crippen LogP) is 1.91. The molecule has 0 bridgehead atoms. The molecule has 6 heteroatoms. The van der Waals surface area contributed by atoms with E-state index in [0.29, 0.717) is 24.8 Å². The Balaban J connectivity index is 0.00000312. The number of hydrogen-bond donors (Lipinski definition) is 3. The molecule has 1 heterocycles. The number of rotatable bonds is 8. The molecule has 1 unspecified atom stereocenters. The van der Waals surface area contributed by atoms with Crippen LogP contribution < -0.4 is 16.0 Å². The lowest BCUT2D eigenvalue weighted by molar-refractivity contribution is -0.126. The number of benzene rings is 1. The van der Waals surface area contributed by atoms with E-state index in [1.807, 2.05) is 30.3 Å². The van der Waals surface area contributed by atoms with E-state index in [0.717, 1.165) is 32.4 Å². The van der Waals surface area contributed by atoms with Crippen molar-refractivity contribution in [1.29, 1.82) is 0 Å². The fraction of sp³-hybridized carbons (Fsp3) is 0.579. The van der Waals surface area contributed by atoms with Gasteiger partial charge in [-0.3, -0.25) is 9.59 Å². The summed E-state index contributed by atoms with van der Waals surface area (Å²) in [5.41, 5.74) is 1.19. The van der Waals surface area contributed by atoms with E-state index in [9.17, 15) is 9.59 Å². The van der Waals surface area contributed by atoms with Crippen LogP contribution in [-0.4, -0.2) is 38.0 Å². The molecule has 0 spiro atoms. The Labute approximate surface area is 156 Å². The number of piperidine rings is 1. The van der Waals surface area contributed by atoms with Crippen LogP contribution in [0.3, 0.4) is 0 Å². The predicted molar refractivity (Wildman–Crippen MR) is 103 cm³/mol. The zero-order valence-corrected chi connectivity index (χ0v) is 15.7. The number of halogens is 1. The van der Waals surface area contributed by atoms with Gasteiger partial charge in [0.05, 0.1) is 6.54 Å². The number of nitrogens with one attached hydrogen (secondary N) is 3. The third-order valence-electron chi connectivity index (χ3n) is 4.72. The molecule has 3 N–H and O–H groups in total. The van der Waals surface area contributed by atoms with Crippen LogP contribution in [0, 0.1) is 11.8 Å². The molecule has 0 aromatic heterocycles. The first-order valence-corrected chi connectivity index (χ1v) is 8.93. The van der Waals surface area contributed by atoms with Gasteiger partial charge < -0.3 is 16.0 Å². The van der Waals surface area contributed by atoms with Crippen LogP contribution in [0.15, 0.2) is 30.3 Å². The van der Waals surface area contributed by atoms with Crippen molar-refractivity contribution in [2.45, 2.75) is 32.6 Å². The summed E-state index contributed by atoms with van der Waals surface area (Å²) in [6.07, 6.45) is 3.57. The molecular formula is C19H30ClN3O2. The van der Waals surface area contributed by atoms with Crippen LogP contribution in [0.4, 0.5) is 0 Å². The molecule has 1 atom stereocenters. The fourth-order valence-corrected chi connectivity index (χ4v) is 3.18. The van der Waals surface area contributed by atoms with Crippen LogP contribution in [-0.2, 0) is 16.0 Å². The highest BCUT2D eigenvalue weighted by Gasteiger charge is 2.22. The van der Waals surface area contributed by atoms with Crippen LogP contribution in [0.5, 0.6) is 0 Å². The summed E-state index contributed by atoms with van der Waals surface area (Å²) in [5, 5.41) is 8.92. The van der Waals surface area contributed by atoms with Gasteiger partial charge in [-0.05, 0) is 49.8 Å². The van der Waals surface area contributed by atoms with Crippen LogP contribution in [0.2, 0.25) is 0 Å². The second-order valence-corrected chi connectivity index (χ2v) is 6.63. The molecule has 1 aromatic rings. The highest BCUT2D eigenvalue weighted by Crippen LogP contribution is 2.23. The van der Waals surface area contributed by atoms with E-state index in [1.54, 1.807) is 0 Å². The Kier molecular flexibility index (Phi) is 10.2. The summed E-state index contributed by atoms with van der Waals surface area (Å²) < 4.78 is 0. The zero-order chi connectivity index (χ0) is 17.2. The summed E-state index contributed by atoms with van der Waals surface area (Å²) in [4.78, 5) is 23.8. The first-order chi connectivity index (χ1) is 11.6. The first kappa shape index (κ1) is 21.5. The summed E-state index contributed by atoms with van der Waals surface area (Å²) >= 11 is 0. The number of carbonyl (C=O) groups excluding carboxylic acids is 2. The minimum absolute atomic E-state index is 0. The van der Waals surface area contributed by atoms with Crippen molar-refractivity contribution < 1.29 is 9.59 Å². The Bertz CT molecular complexity index is 519. The van der Waals surface area contributed by atoms with Gasteiger partial charge in [0, 0.05) is 13.0 Å². The molecule has 1 aliphatic heterocycles. The van der Waals surface area contributed by atoms with Gasteiger partial charge in [-0.1, -0.05) is 37.3 Å². The Morgan fingerprint density at radius 3 is 2.48 bits per heavy atom. The lowest BCUT2D eigenvalue weighted by Gasteiger charge is -2.27. The van der Waals surface area contributed by atoms with E-state index in [2.05, 4.69) is 22.9 Å². The lowest BCUT2D eigenvalue weighted by atomic mass is 9.84. The quantitative estimate of drug-likeness (QED) is 0.657. The van der Waals surface area contributed by atoms with Gasteiger partial charge in [0.2, 0.25) is 11.8 Å². The molecule has 2 amide bonds. The molecule has 2 rings (SSSR count). The average Bonchev–Trinajstić information content (AvgIpc) is 2.61. The average molecular weight is 368 g/mol. The zero-order valence-electron chi connectivity index (χ0n) is 14.9. The molecule has 0 radical (unpaired) electrons. The third-order valence-corrected chi connectivity index (χ3v) is 4.72. The van der Waals surface area contributed by atoms with E-state index in [-0.39, 0.29) is 30.8 Å². The monoisotopic (exact) mass is 367 g/mol. The standard InChI is InChI=1S/C19H29N3O2.ClH/c1-15(17-8-10-20-11-9-17)13-18(23)22-14-19(24)21-12-7-16-5-3-2-4-6-16;/h2-6,15,17,20H,7-14H2,1H3,(H,21,24)(H,22,23);1H. The van der Waals surface area contributed by atoms with Crippen molar-refractivity contribution in [3.05, 3.63) is 35.9 Å². The van der Waals surface area contributed by atoms with Crippen LogP contribution in [0.1, 0.15) is 31.7 Å². The maximum absolute atomic E-state index is 12.0. The highest BCUT2D eigenvalue weighted by molar-refractivity contribution is 5.85. The normalized spacial score (nSPS) is 15.7. The van der Waals surface area contributed by atoms with Gasteiger partial charge in [0.1, 0.15) is 0 Å². The van der Waals surface area contributed by atoms with Gasteiger partial charge >= 0.3 is 0 Å². The largest absolute Gasteiger partial charge is 0.354 e. The van der Waals surface area contributed by atoms with Crippen molar-refractivity contribution in [2.75, 3.05) is 26.2 Å². The first-order valence-electron chi connectivity index (χ1n) is 8.93. The van der Waals surface area contributed by atoms with Crippen LogP contribution in [0.25, 0.3) is 0 Å². The number of hydrogen-bond acceptors (Lipinski definition) is 3. The topological polar surface area (TPSA) is 70.2 Å².